The van der Waals surface area contributed by atoms with Gasteiger partial charge in [-0.25, -0.2) is 0 Å². The molecule has 0 amide bonds. The Labute approximate surface area is 156 Å². The standard InChI is InChI=1S/C22H32O4/c1-12-10-14-15-4-5-17(19(24)20(25)26)21(15,2)9-7-16(14)22(3)8-6-13(23)11-18(12)22/h11-12,14-17,20,25-26H,4-10H2,1-3H3/t12-,14-,15-,16-,17+,21-,22+/m0/s1. The van der Waals surface area contributed by atoms with Crippen LogP contribution in [0.1, 0.15) is 65.7 Å². The first kappa shape index (κ1) is 18.4. The van der Waals surface area contributed by atoms with E-state index in [-0.39, 0.29) is 28.3 Å². The normalized spacial score (nSPS) is 47.8. The highest BCUT2D eigenvalue weighted by Gasteiger charge is 2.61. The van der Waals surface area contributed by atoms with Gasteiger partial charge in [0.1, 0.15) is 0 Å². The molecular formula is C22H32O4. The number of carbonyl (C=O) groups excluding carboxylic acids is 2. The summed E-state index contributed by atoms with van der Waals surface area (Å²) >= 11 is 0. The lowest BCUT2D eigenvalue weighted by molar-refractivity contribution is -0.156. The van der Waals surface area contributed by atoms with Crippen LogP contribution < -0.4 is 0 Å². The minimum Gasteiger partial charge on any atom is -0.362 e. The van der Waals surface area contributed by atoms with Crippen molar-refractivity contribution in [2.24, 2.45) is 40.4 Å². The van der Waals surface area contributed by atoms with Crippen LogP contribution in [0.25, 0.3) is 0 Å². The van der Waals surface area contributed by atoms with Crippen LogP contribution in [0.5, 0.6) is 0 Å². The lowest BCUT2D eigenvalue weighted by atomic mass is 9.45. The van der Waals surface area contributed by atoms with Gasteiger partial charge in [0.05, 0.1) is 0 Å². The number of aliphatic hydroxyl groups is 2. The number of aliphatic hydroxyl groups excluding tert-OH is 1. The van der Waals surface area contributed by atoms with Crippen molar-refractivity contribution in [2.45, 2.75) is 72.0 Å². The van der Waals surface area contributed by atoms with Crippen LogP contribution in [0.4, 0.5) is 0 Å². The van der Waals surface area contributed by atoms with Gasteiger partial charge in [0.25, 0.3) is 0 Å². The fourth-order valence-electron chi connectivity index (χ4n) is 7.63. The molecule has 26 heavy (non-hydrogen) atoms. The van der Waals surface area contributed by atoms with E-state index in [0.717, 1.165) is 38.5 Å². The summed E-state index contributed by atoms with van der Waals surface area (Å²) in [6.07, 6.45) is 6.69. The van der Waals surface area contributed by atoms with E-state index < -0.39 is 6.29 Å². The largest absolute Gasteiger partial charge is 0.362 e. The summed E-state index contributed by atoms with van der Waals surface area (Å²) in [5.41, 5.74) is 1.38. The quantitative estimate of drug-likeness (QED) is 0.741. The molecule has 0 aliphatic heterocycles. The van der Waals surface area contributed by atoms with Crippen LogP contribution in [0, 0.1) is 40.4 Å². The van der Waals surface area contributed by atoms with Crippen LogP contribution in [0.15, 0.2) is 11.6 Å². The van der Waals surface area contributed by atoms with Crippen LogP contribution in [-0.2, 0) is 9.59 Å². The average molecular weight is 360 g/mol. The molecule has 0 unspecified atom stereocenters. The molecule has 7 atom stereocenters. The van der Waals surface area contributed by atoms with Crippen molar-refractivity contribution in [1.29, 1.82) is 0 Å². The Balaban J connectivity index is 1.67. The number of allylic oxidation sites excluding steroid dienone is 1. The summed E-state index contributed by atoms with van der Waals surface area (Å²) < 4.78 is 0. The summed E-state index contributed by atoms with van der Waals surface area (Å²) in [5.74, 6) is 1.75. The van der Waals surface area contributed by atoms with E-state index >= 15 is 0 Å². The van der Waals surface area contributed by atoms with Gasteiger partial charge in [-0.2, -0.15) is 0 Å². The third-order valence-corrected chi connectivity index (χ3v) is 8.88. The zero-order chi connectivity index (χ0) is 18.9. The highest BCUT2D eigenvalue weighted by Crippen LogP contribution is 2.67. The predicted octanol–water partition coefficient (Wildman–Crippen LogP) is 3.26. The molecule has 0 aromatic rings. The molecule has 3 fully saturated rings. The number of hydrogen-bond acceptors (Lipinski definition) is 4. The van der Waals surface area contributed by atoms with Crippen LogP contribution in [0.3, 0.4) is 0 Å². The van der Waals surface area contributed by atoms with Gasteiger partial charge in [-0.3, -0.25) is 9.59 Å². The Morgan fingerprint density at radius 1 is 1.15 bits per heavy atom. The van der Waals surface area contributed by atoms with Crippen molar-refractivity contribution in [3.05, 3.63) is 11.6 Å². The molecule has 3 saturated carbocycles. The number of ketones is 2. The number of rotatable bonds is 2. The number of carbonyl (C=O) groups is 2. The van der Waals surface area contributed by atoms with E-state index in [4.69, 9.17) is 0 Å². The van der Waals surface area contributed by atoms with Crippen molar-refractivity contribution in [3.8, 4) is 0 Å². The van der Waals surface area contributed by atoms with Gasteiger partial charge in [-0.05, 0) is 79.1 Å². The summed E-state index contributed by atoms with van der Waals surface area (Å²) in [5, 5.41) is 18.9. The molecule has 4 rings (SSSR count). The Morgan fingerprint density at radius 2 is 1.88 bits per heavy atom. The first-order chi connectivity index (χ1) is 12.2. The van der Waals surface area contributed by atoms with Crippen LogP contribution in [-0.4, -0.2) is 28.1 Å². The lowest BCUT2D eigenvalue weighted by Crippen LogP contribution is -2.53. The van der Waals surface area contributed by atoms with Crippen molar-refractivity contribution in [2.75, 3.05) is 0 Å². The molecule has 0 bridgehead atoms. The second-order valence-corrected chi connectivity index (χ2v) is 9.95. The highest BCUT2D eigenvalue weighted by atomic mass is 16.5. The second kappa shape index (κ2) is 6.00. The summed E-state index contributed by atoms with van der Waals surface area (Å²) in [6.45, 7) is 6.85. The van der Waals surface area contributed by atoms with Crippen molar-refractivity contribution in [3.63, 3.8) is 0 Å². The topological polar surface area (TPSA) is 74.6 Å². The molecule has 4 heteroatoms. The van der Waals surface area contributed by atoms with Gasteiger partial charge >= 0.3 is 0 Å². The van der Waals surface area contributed by atoms with Crippen molar-refractivity contribution < 1.29 is 19.8 Å². The number of Topliss-reactive ketones (excluding diaryl/α,β-unsaturated/α-hetero) is 1. The molecule has 4 aliphatic rings. The summed E-state index contributed by atoms with van der Waals surface area (Å²) in [4.78, 5) is 24.4. The van der Waals surface area contributed by atoms with Gasteiger partial charge < -0.3 is 10.2 Å². The van der Waals surface area contributed by atoms with Crippen molar-refractivity contribution in [1.82, 2.24) is 0 Å². The maximum atomic E-state index is 12.4. The van der Waals surface area contributed by atoms with Gasteiger partial charge in [0, 0.05) is 12.3 Å². The number of fused-ring (bicyclic) bond motifs is 5. The molecule has 2 N–H and O–H groups in total. The van der Waals surface area contributed by atoms with E-state index in [9.17, 15) is 19.8 Å². The third kappa shape index (κ3) is 2.41. The fourth-order valence-corrected chi connectivity index (χ4v) is 7.63. The maximum absolute atomic E-state index is 12.4. The predicted molar refractivity (Wildman–Crippen MR) is 98.0 cm³/mol. The smallest absolute Gasteiger partial charge is 0.213 e. The summed E-state index contributed by atoms with van der Waals surface area (Å²) in [7, 11) is 0. The Morgan fingerprint density at radius 3 is 2.58 bits per heavy atom. The number of hydrogen-bond donors (Lipinski definition) is 2. The minimum atomic E-state index is -1.84. The lowest BCUT2D eigenvalue weighted by Gasteiger charge is -2.59. The van der Waals surface area contributed by atoms with Gasteiger partial charge in [-0.1, -0.05) is 26.3 Å². The molecular weight excluding hydrogens is 328 g/mol. The first-order valence-electron chi connectivity index (χ1n) is 10.3. The van der Waals surface area contributed by atoms with Crippen molar-refractivity contribution >= 4 is 11.6 Å². The fraction of sp³-hybridized carbons (Fsp3) is 0.818. The first-order valence-corrected chi connectivity index (χ1v) is 10.3. The monoisotopic (exact) mass is 360 g/mol. The third-order valence-electron chi connectivity index (χ3n) is 8.88. The average Bonchev–Trinajstić information content (AvgIpc) is 2.93. The Hall–Kier alpha value is -1.00. The minimum absolute atomic E-state index is 0.107. The molecule has 144 valence electrons. The molecule has 4 aliphatic carbocycles. The van der Waals surface area contributed by atoms with E-state index in [0.29, 0.717) is 30.1 Å². The molecule has 0 aromatic heterocycles. The molecule has 0 heterocycles. The van der Waals surface area contributed by atoms with E-state index in [2.05, 4.69) is 20.8 Å². The molecule has 0 aromatic carbocycles. The zero-order valence-corrected chi connectivity index (χ0v) is 16.2. The molecule has 4 nitrogen and oxygen atoms in total. The van der Waals surface area contributed by atoms with Crippen LogP contribution >= 0.6 is 0 Å². The highest BCUT2D eigenvalue weighted by molar-refractivity contribution is 5.91. The summed E-state index contributed by atoms with van der Waals surface area (Å²) in [6, 6.07) is 0. The SMILES string of the molecule is C[C@H]1C[C@H]2[C@@H]3CC[C@H](C(=O)C(O)O)[C@@]3(C)CC[C@@H]2[C@@]2(C)CCC(=O)C=C12. The van der Waals surface area contributed by atoms with Gasteiger partial charge in [0.15, 0.2) is 11.6 Å². The van der Waals surface area contributed by atoms with Gasteiger partial charge in [0.2, 0.25) is 6.29 Å². The van der Waals surface area contributed by atoms with E-state index in [1.807, 2.05) is 6.08 Å². The zero-order valence-electron chi connectivity index (χ0n) is 16.2. The second-order valence-electron chi connectivity index (χ2n) is 9.95. The Kier molecular flexibility index (Phi) is 4.24. The molecule has 0 radical (unpaired) electrons. The van der Waals surface area contributed by atoms with E-state index in [1.165, 1.54) is 5.57 Å². The van der Waals surface area contributed by atoms with Gasteiger partial charge in [-0.15, -0.1) is 0 Å². The van der Waals surface area contributed by atoms with Crippen LogP contribution in [0.2, 0.25) is 0 Å². The molecule has 0 spiro atoms. The Bertz CT molecular complexity index is 665. The van der Waals surface area contributed by atoms with E-state index in [1.54, 1.807) is 0 Å². The molecule has 0 saturated heterocycles. The maximum Gasteiger partial charge on any atom is 0.213 e.